The third-order valence-electron chi connectivity index (χ3n) is 3.64. The first kappa shape index (κ1) is 14.1. The van der Waals surface area contributed by atoms with Crippen LogP contribution in [0.3, 0.4) is 0 Å². The lowest BCUT2D eigenvalue weighted by molar-refractivity contribution is 0.604. The fraction of sp³-hybridized carbons (Fsp3) is 0.312. The van der Waals surface area contributed by atoms with Crippen molar-refractivity contribution in [3.63, 3.8) is 0 Å². The first-order valence-electron chi connectivity index (χ1n) is 7.18. The largest absolute Gasteiger partial charge is 0.323 e. The molecule has 3 N–H and O–H groups in total. The molecule has 110 valence electrons. The van der Waals surface area contributed by atoms with Crippen molar-refractivity contribution in [2.24, 2.45) is 0 Å². The minimum atomic E-state index is -0.160. The SMILES string of the molecule is CCCNC(c1ccc2[nH]c(=O)[nH]c2c1)c1sccc1C. The molecule has 0 aliphatic carbocycles. The number of thiophene rings is 1. The quantitative estimate of drug-likeness (QED) is 0.677. The summed E-state index contributed by atoms with van der Waals surface area (Å²) in [6, 6.07) is 8.43. The summed E-state index contributed by atoms with van der Waals surface area (Å²) in [4.78, 5) is 18.4. The Balaban J connectivity index is 2.04. The van der Waals surface area contributed by atoms with Crippen LogP contribution in [0.5, 0.6) is 0 Å². The molecule has 3 rings (SSSR count). The lowest BCUT2D eigenvalue weighted by Crippen LogP contribution is -2.22. The molecule has 2 heterocycles. The highest BCUT2D eigenvalue weighted by Crippen LogP contribution is 2.30. The Morgan fingerprint density at radius 2 is 2.05 bits per heavy atom. The Morgan fingerprint density at radius 3 is 2.76 bits per heavy atom. The summed E-state index contributed by atoms with van der Waals surface area (Å²) in [5, 5.41) is 5.74. The van der Waals surface area contributed by atoms with Crippen molar-refractivity contribution in [2.45, 2.75) is 26.3 Å². The van der Waals surface area contributed by atoms with Gasteiger partial charge in [0.15, 0.2) is 0 Å². The predicted octanol–water partition coefficient (Wildman–Crippen LogP) is 3.32. The number of H-pyrrole nitrogens is 2. The van der Waals surface area contributed by atoms with Crippen LogP contribution in [0.2, 0.25) is 0 Å². The minimum Gasteiger partial charge on any atom is -0.306 e. The van der Waals surface area contributed by atoms with Crippen LogP contribution >= 0.6 is 11.3 Å². The van der Waals surface area contributed by atoms with E-state index < -0.39 is 0 Å². The number of imidazole rings is 1. The molecule has 4 nitrogen and oxygen atoms in total. The number of nitrogens with one attached hydrogen (secondary N) is 3. The number of aryl methyl sites for hydroxylation is 1. The van der Waals surface area contributed by atoms with E-state index in [1.165, 1.54) is 16.0 Å². The number of benzene rings is 1. The van der Waals surface area contributed by atoms with Crippen LogP contribution < -0.4 is 11.0 Å². The van der Waals surface area contributed by atoms with E-state index in [4.69, 9.17) is 0 Å². The van der Waals surface area contributed by atoms with Crippen molar-refractivity contribution in [3.8, 4) is 0 Å². The van der Waals surface area contributed by atoms with Gasteiger partial charge in [-0.3, -0.25) is 0 Å². The van der Waals surface area contributed by atoms with Gasteiger partial charge in [0.1, 0.15) is 0 Å². The summed E-state index contributed by atoms with van der Waals surface area (Å²) in [7, 11) is 0. The molecule has 0 aliphatic heterocycles. The summed E-state index contributed by atoms with van der Waals surface area (Å²) in [6.45, 7) is 5.27. The number of fused-ring (bicyclic) bond motifs is 1. The topological polar surface area (TPSA) is 60.7 Å². The van der Waals surface area contributed by atoms with Crippen LogP contribution in [0.1, 0.15) is 35.4 Å². The number of aromatic nitrogens is 2. The molecule has 0 aliphatic rings. The second kappa shape index (κ2) is 5.87. The monoisotopic (exact) mass is 301 g/mol. The van der Waals surface area contributed by atoms with Gasteiger partial charge in [-0.1, -0.05) is 13.0 Å². The maximum atomic E-state index is 11.4. The van der Waals surface area contributed by atoms with Crippen molar-refractivity contribution < 1.29 is 0 Å². The second-order valence-corrected chi connectivity index (χ2v) is 6.19. The van der Waals surface area contributed by atoms with E-state index in [-0.39, 0.29) is 11.7 Å². The van der Waals surface area contributed by atoms with Gasteiger partial charge in [-0.25, -0.2) is 4.79 Å². The maximum absolute atomic E-state index is 11.4. The van der Waals surface area contributed by atoms with E-state index in [2.05, 4.69) is 52.7 Å². The van der Waals surface area contributed by atoms with E-state index in [0.717, 1.165) is 24.0 Å². The molecule has 1 atom stereocenters. The molecule has 0 radical (unpaired) electrons. The second-order valence-electron chi connectivity index (χ2n) is 5.24. The molecular weight excluding hydrogens is 282 g/mol. The summed E-state index contributed by atoms with van der Waals surface area (Å²) < 4.78 is 0. The lowest BCUT2D eigenvalue weighted by atomic mass is 10.0. The molecule has 0 bridgehead atoms. The zero-order valence-corrected chi connectivity index (χ0v) is 13.0. The van der Waals surface area contributed by atoms with Crippen LogP contribution in [-0.4, -0.2) is 16.5 Å². The maximum Gasteiger partial charge on any atom is 0.323 e. The number of aromatic amines is 2. The average molecular weight is 301 g/mol. The Kier molecular flexibility index (Phi) is 3.94. The van der Waals surface area contributed by atoms with E-state index in [1.807, 2.05) is 6.07 Å². The Labute approximate surface area is 127 Å². The first-order chi connectivity index (χ1) is 10.2. The molecule has 5 heteroatoms. The van der Waals surface area contributed by atoms with Gasteiger partial charge in [-0.2, -0.15) is 0 Å². The van der Waals surface area contributed by atoms with Gasteiger partial charge in [-0.15, -0.1) is 11.3 Å². The molecule has 2 aromatic heterocycles. The molecule has 0 saturated heterocycles. The van der Waals surface area contributed by atoms with E-state index in [1.54, 1.807) is 11.3 Å². The zero-order valence-electron chi connectivity index (χ0n) is 12.2. The van der Waals surface area contributed by atoms with E-state index in [0.29, 0.717) is 0 Å². The highest BCUT2D eigenvalue weighted by molar-refractivity contribution is 7.10. The molecule has 3 aromatic rings. The number of hydrogen-bond donors (Lipinski definition) is 3. The first-order valence-corrected chi connectivity index (χ1v) is 8.06. The Hall–Kier alpha value is -1.85. The Bertz CT molecular complexity index is 799. The van der Waals surface area contributed by atoms with E-state index in [9.17, 15) is 4.79 Å². The molecule has 1 aromatic carbocycles. The van der Waals surface area contributed by atoms with Gasteiger partial charge in [0.2, 0.25) is 0 Å². The molecule has 0 spiro atoms. The predicted molar refractivity (Wildman–Crippen MR) is 88.1 cm³/mol. The number of rotatable bonds is 5. The lowest BCUT2D eigenvalue weighted by Gasteiger charge is -2.19. The van der Waals surface area contributed by atoms with Gasteiger partial charge >= 0.3 is 5.69 Å². The van der Waals surface area contributed by atoms with E-state index >= 15 is 0 Å². The molecule has 0 saturated carbocycles. The summed E-state index contributed by atoms with van der Waals surface area (Å²) in [5.41, 5.74) is 4.02. The summed E-state index contributed by atoms with van der Waals surface area (Å²) >= 11 is 1.77. The van der Waals surface area contributed by atoms with Crippen molar-refractivity contribution in [1.82, 2.24) is 15.3 Å². The van der Waals surface area contributed by atoms with Crippen LogP contribution in [-0.2, 0) is 0 Å². The standard InChI is InChI=1S/C16H19N3OS/c1-3-7-17-14(15-10(2)6-8-21-15)11-4-5-12-13(9-11)19-16(20)18-12/h4-6,8-9,14,17H,3,7H2,1-2H3,(H2,18,19,20). The summed E-state index contributed by atoms with van der Waals surface area (Å²) in [6.07, 6.45) is 1.09. The van der Waals surface area contributed by atoms with Gasteiger partial charge < -0.3 is 15.3 Å². The molecular formula is C16H19N3OS. The van der Waals surface area contributed by atoms with Gasteiger partial charge in [0, 0.05) is 4.88 Å². The van der Waals surface area contributed by atoms with Gasteiger partial charge in [0.05, 0.1) is 17.1 Å². The Morgan fingerprint density at radius 1 is 1.24 bits per heavy atom. The third kappa shape index (κ3) is 2.80. The fourth-order valence-electron chi connectivity index (χ4n) is 2.56. The van der Waals surface area contributed by atoms with Crippen LogP contribution in [0, 0.1) is 6.92 Å². The van der Waals surface area contributed by atoms with Gasteiger partial charge in [0.25, 0.3) is 0 Å². The fourth-order valence-corrected chi connectivity index (χ4v) is 3.59. The highest BCUT2D eigenvalue weighted by Gasteiger charge is 2.17. The molecule has 0 amide bonds. The van der Waals surface area contributed by atoms with Crippen molar-refractivity contribution in [3.05, 3.63) is 56.1 Å². The molecule has 0 fully saturated rings. The van der Waals surface area contributed by atoms with Crippen molar-refractivity contribution >= 4 is 22.4 Å². The van der Waals surface area contributed by atoms with Crippen LogP contribution in [0.15, 0.2) is 34.4 Å². The third-order valence-corrected chi connectivity index (χ3v) is 4.72. The van der Waals surface area contributed by atoms with Crippen LogP contribution in [0.4, 0.5) is 0 Å². The normalized spacial score (nSPS) is 12.9. The van der Waals surface area contributed by atoms with Crippen molar-refractivity contribution in [2.75, 3.05) is 6.54 Å². The minimum absolute atomic E-state index is 0.160. The molecule has 21 heavy (non-hydrogen) atoms. The molecule has 1 unspecified atom stereocenters. The van der Waals surface area contributed by atoms with Gasteiger partial charge in [-0.05, 0) is 54.6 Å². The smallest absolute Gasteiger partial charge is 0.306 e. The summed E-state index contributed by atoms with van der Waals surface area (Å²) in [5.74, 6) is 0. The number of hydrogen-bond acceptors (Lipinski definition) is 3. The van der Waals surface area contributed by atoms with Crippen molar-refractivity contribution in [1.29, 1.82) is 0 Å². The highest BCUT2D eigenvalue weighted by atomic mass is 32.1. The van der Waals surface area contributed by atoms with Crippen LogP contribution in [0.25, 0.3) is 11.0 Å². The average Bonchev–Trinajstić information content (AvgIpc) is 3.04. The zero-order chi connectivity index (χ0) is 14.8.